The number of piperidine rings is 1. The number of nitrogens with one attached hydrogen (secondary N) is 1. The van der Waals surface area contributed by atoms with Gasteiger partial charge in [-0.2, -0.15) is 0 Å². The standard InChI is InChI=1S/C9H14N2O/c1-7-5-9(12-11-7)8-3-2-4-10-6-8/h5,8,10H,2-4,6H2,1H3. The van der Waals surface area contributed by atoms with E-state index < -0.39 is 0 Å². The van der Waals surface area contributed by atoms with E-state index in [9.17, 15) is 0 Å². The van der Waals surface area contributed by atoms with Crippen molar-refractivity contribution in [3.8, 4) is 0 Å². The number of rotatable bonds is 1. The van der Waals surface area contributed by atoms with Gasteiger partial charge in [-0.15, -0.1) is 0 Å². The van der Waals surface area contributed by atoms with Gasteiger partial charge < -0.3 is 9.84 Å². The van der Waals surface area contributed by atoms with Gasteiger partial charge in [0.2, 0.25) is 0 Å². The van der Waals surface area contributed by atoms with Gasteiger partial charge in [0, 0.05) is 18.5 Å². The topological polar surface area (TPSA) is 38.1 Å². The summed E-state index contributed by atoms with van der Waals surface area (Å²) in [5.41, 5.74) is 0.982. The lowest BCUT2D eigenvalue weighted by atomic mass is 9.97. The molecule has 0 amide bonds. The van der Waals surface area contributed by atoms with Gasteiger partial charge in [0.25, 0.3) is 0 Å². The lowest BCUT2D eigenvalue weighted by molar-refractivity contribution is 0.327. The Hall–Kier alpha value is -0.830. The van der Waals surface area contributed by atoms with Crippen LogP contribution in [0.4, 0.5) is 0 Å². The molecule has 1 N–H and O–H groups in total. The third kappa shape index (κ3) is 1.50. The molecule has 1 saturated heterocycles. The molecule has 1 aromatic rings. The van der Waals surface area contributed by atoms with E-state index in [1.165, 1.54) is 12.8 Å². The van der Waals surface area contributed by atoms with E-state index in [2.05, 4.69) is 10.5 Å². The van der Waals surface area contributed by atoms with E-state index >= 15 is 0 Å². The first-order valence-corrected chi connectivity index (χ1v) is 4.50. The molecule has 0 aromatic carbocycles. The van der Waals surface area contributed by atoms with Crippen molar-refractivity contribution in [2.75, 3.05) is 13.1 Å². The maximum Gasteiger partial charge on any atom is 0.141 e. The van der Waals surface area contributed by atoms with E-state index in [0.29, 0.717) is 5.92 Å². The summed E-state index contributed by atoms with van der Waals surface area (Å²) in [6.45, 7) is 4.14. The van der Waals surface area contributed by atoms with Crippen LogP contribution in [0.3, 0.4) is 0 Å². The fourth-order valence-corrected chi connectivity index (χ4v) is 1.67. The van der Waals surface area contributed by atoms with Crippen LogP contribution in [0, 0.1) is 6.92 Å². The van der Waals surface area contributed by atoms with E-state index in [-0.39, 0.29) is 0 Å². The van der Waals surface area contributed by atoms with Crippen molar-refractivity contribution in [2.24, 2.45) is 0 Å². The summed E-state index contributed by atoms with van der Waals surface area (Å²) in [7, 11) is 0. The molecule has 0 spiro atoms. The predicted molar refractivity (Wildman–Crippen MR) is 46.1 cm³/mol. The normalized spacial score (nSPS) is 24.2. The molecule has 66 valence electrons. The predicted octanol–water partition coefficient (Wildman–Crippen LogP) is 1.45. The monoisotopic (exact) mass is 166 g/mol. The molecule has 0 radical (unpaired) electrons. The zero-order valence-electron chi connectivity index (χ0n) is 7.34. The van der Waals surface area contributed by atoms with E-state index in [1.54, 1.807) is 0 Å². The second-order valence-corrected chi connectivity index (χ2v) is 3.41. The van der Waals surface area contributed by atoms with Crippen LogP contribution < -0.4 is 5.32 Å². The zero-order valence-corrected chi connectivity index (χ0v) is 7.34. The smallest absolute Gasteiger partial charge is 0.141 e. The highest BCUT2D eigenvalue weighted by atomic mass is 16.5. The molecule has 1 aliphatic heterocycles. The molecule has 3 nitrogen and oxygen atoms in total. The quantitative estimate of drug-likeness (QED) is 0.686. The van der Waals surface area contributed by atoms with Gasteiger partial charge in [-0.25, -0.2) is 0 Å². The van der Waals surface area contributed by atoms with Crippen LogP contribution in [0.25, 0.3) is 0 Å². The summed E-state index contributed by atoms with van der Waals surface area (Å²) in [5.74, 6) is 1.58. The SMILES string of the molecule is Cc1cc(C2CCCNC2)on1. The number of nitrogens with zero attached hydrogens (tertiary/aromatic N) is 1. The second kappa shape index (κ2) is 3.27. The van der Waals surface area contributed by atoms with Gasteiger partial charge >= 0.3 is 0 Å². The first-order chi connectivity index (χ1) is 5.86. The van der Waals surface area contributed by atoms with Gasteiger partial charge in [-0.3, -0.25) is 0 Å². The Morgan fingerprint density at radius 2 is 2.58 bits per heavy atom. The molecule has 1 aromatic heterocycles. The number of aryl methyl sites for hydroxylation is 1. The maximum absolute atomic E-state index is 5.21. The van der Waals surface area contributed by atoms with Gasteiger partial charge in [-0.05, 0) is 26.3 Å². The highest BCUT2D eigenvalue weighted by Gasteiger charge is 2.18. The van der Waals surface area contributed by atoms with Crippen molar-refractivity contribution >= 4 is 0 Å². The summed E-state index contributed by atoms with van der Waals surface area (Å²) in [6.07, 6.45) is 2.46. The summed E-state index contributed by atoms with van der Waals surface area (Å²) in [4.78, 5) is 0. The lowest BCUT2D eigenvalue weighted by Gasteiger charge is -2.19. The molecule has 12 heavy (non-hydrogen) atoms. The number of aromatic nitrogens is 1. The molecule has 1 fully saturated rings. The third-order valence-corrected chi connectivity index (χ3v) is 2.35. The van der Waals surface area contributed by atoms with Crippen LogP contribution in [0.2, 0.25) is 0 Å². The average molecular weight is 166 g/mol. The van der Waals surface area contributed by atoms with Gasteiger partial charge in [0.05, 0.1) is 5.69 Å². The maximum atomic E-state index is 5.21. The van der Waals surface area contributed by atoms with Crippen LogP contribution in [-0.4, -0.2) is 18.2 Å². The second-order valence-electron chi connectivity index (χ2n) is 3.41. The molecule has 0 bridgehead atoms. The van der Waals surface area contributed by atoms with Crippen LogP contribution in [0.5, 0.6) is 0 Å². The molecular formula is C9H14N2O. The Kier molecular flexibility index (Phi) is 2.13. The Balaban J connectivity index is 2.08. The Morgan fingerprint density at radius 1 is 1.67 bits per heavy atom. The van der Waals surface area contributed by atoms with Crippen molar-refractivity contribution in [3.05, 3.63) is 17.5 Å². The summed E-state index contributed by atoms with van der Waals surface area (Å²) < 4.78 is 5.21. The molecule has 3 heteroatoms. The fraction of sp³-hybridized carbons (Fsp3) is 0.667. The minimum absolute atomic E-state index is 0.542. The van der Waals surface area contributed by atoms with E-state index in [0.717, 1.165) is 24.5 Å². The summed E-state index contributed by atoms with van der Waals surface area (Å²) >= 11 is 0. The fourth-order valence-electron chi connectivity index (χ4n) is 1.67. The van der Waals surface area contributed by atoms with Crippen LogP contribution in [0.15, 0.2) is 10.6 Å². The Bertz CT molecular complexity index is 251. The van der Waals surface area contributed by atoms with Crippen molar-refractivity contribution in [1.29, 1.82) is 0 Å². The van der Waals surface area contributed by atoms with Gasteiger partial charge in [0.1, 0.15) is 5.76 Å². The number of hydrogen-bond donors (Lipinski definition) is 1. The van der Waals surface area contributed by atoms with Crippen molar-refractivity contribution in [2.45, 2.75) is 25.7 Å². The molecule has 1 unspecified atom stereocenters. The molecule has 1 atom stereocenters. The third-order valence-electron chi connectivity index (χ3n) is 2.35. The lowest BCUT2D eigenvalue weighted by Crippen LogP contribution is -2.28. The van der Waals surface area contributed by atoms with Crippen LogP contribution in [-0.2, 0) is 0 Å². The van der Waals surface area contributed by atoms with E-state index in [4.69, 9.17) is 4.52 Å². The van der Waals surface area contributed by atoms with Crippen molar-refractivity contribution in [3.63, 3.8) is 0 Å². The first kappa shape index (κ1) is 7.80. The molecule has 0 aliphatic carbocycles. The zero-order chi connectivity index (χ0) is 8.39. The molecule has 0 saturated carbocycles. The molecular weight excluding hydrogens is 152 g/mol. The highest BCUT2D eigenvalue weighted by molar-refractivity contribution is 5.09. The first-order valence-electron chi connectivity index (χ1n) is 4.50. The highest BCUT2D eigenvalue weighted by Crippen LogP contribution is 2.23. The largest absolute Gasteiger partial charge is 0.361 e. The minimum Gasteiger partial charge on any atom is -0.361 e. The van der Waals surface area contributed by atoms with Gasteiger partial charge in [-0.1, -0.05) is 5.16 Å². The minimum atomic E-state index is 0.542. The Morgan fingerprint density at radius 3 is 3.17 bits per heavy atom. The molecule has 1 aliphatic rings. The molecule has 2 rings (SSSR count). The van der Waals surface area contributed by atoms with Crippen LogP contribution in [0.1, 0.15) is 30.2 Å². The van der Waals surface area contributed by atoms with Crippen molar-refractivity contribution < 1.29 is 4.52 Å². The molecule has 2 heterocycles. The van der Waals surface area contributed by atoms with Crippen LogP contribution >= 0.6 is 0 Å². The number of hydrogen-bond acceptors (Lipinski definition) is 3. The van der Waals surface area contributed by atoms with Crippen molar-refractivity contribution in [1.82, 2.24) is 10.5 Å². The van der Waals surface area contributed by atoms with E-state index in [1.807, 2.05) is 13.0 Å². The average Bonchev–Trinajstić information content (AvgIpc) is 2.54. The van der Waals surface area contributed by atoms with Gasteiger partial charge in [0.15, 0.2) is 0 Å². The summed E-state index contributed by atoms with van der Waals surface area (Å²) in [6, 6.07) is 2.04. The Labute approximate surface area is 72.1 Å². The summed E-state index contributed by atoms with van der Waals surface area (Å²) in [5, 5.41) is 7.24.